The number of fused-ring (bicyclic) bond motifs is 1. The number of anilines is 2. The van der Waals surface area contributed by atoms with Gasteiger partial charge in [-0.1, -0.05) is 66.8 Å². The van der Waals surface area contributed by atoms with E-state index >= 15 is 0 Å². The van der Waals surface area contributed by atoms with Crippen molar-refractivity contribution in [2.75, 3.05) is 23.8 Å². The summed E-state index contributed by atoms with van der Waals surface area (Å²) in [6.45, 7) is 11.3. The molecule has 0 spiro atoms. The molecule has 0 bridgehead atoms. The molecule has 184 valence electrons. The van der Waals surface area contributed by atoms with Gasteiger partial charge < -0.3 is 15.5 Å². The number of rotatable bonds is 8. The number of amides is 1. The number of hydrogen-bond donors (Lipinski definition) is 2. The van der Waals surface area contributed by atoms with Gasteiger partial charge in [-0.05, 0) is 50.8 Å². The Balaban J connectivity index is 1.55. The van der Waals surface area contributed by atoms with Gasteiger partial charge in [-0.15, -0.1) is 5.10 Å². The van der Waals surface area contributed by atoms with Gasteiger partial charge in [0, 0.05) is 24.7 Å². The van der Waals surface area contributed by atoms with Crippen molar-refractivity contribution < 1.29 is 4.79 Å². The summed E-state index contributed by atoms with van der Waals surface area (Å²) < 4.78 is 1.86. The summed E-state index contributed by atoms with van der Waals surface area (Å²) in [5.74, 6) is 0.810. The van der Waals surface area contributed by atoms with Crippen LogP contribution in [0, 0.1) is 6.92 Å². The van der Waals surface area contributed by atoms with E-state index in [1.54, 1.807) is 0 Å². The minimum Gasteiger partial charge on any atom is -0.364 e. The molecule has 0 saturated heterocycles. The lowest BCUT2D eigenvalue weighted by Gasteiger charge is -2.22. The van der Waals surface area contributed by atoms with Crippen LogP contribution >= 0.6 is 11.3 Å². The number of likely N-dealkylation sites (N-methyl/N-ethyl adjacent to an activating group) is 1. The number of hydrogen-bond acceptors (Lipinski definition) is 6. The predicted octanol–water partition coefficient (Wildman–Crippen LogP) is 5.29. The highest BCUT2D eigenvalue weighted by Gasteiger charge is 2.23. The van der Waals surface area contributed by atoms with Crippen molar-refractivity contribution in [2.24, 2.45) is 0 Å². The van der Waals surface area contributed by atoms with Crippen LogP contribution < -0.4 is 15.5 Å². The van der Waals surface area contributed by atoms with Crippen LogP contribution in [0.15, 0.2) is 48.5 Å². The van der Waals surface area contributed by atoms with Gasteiger partial charge in [0.2, 0.25) is 16.0 Å². The Hall–Kier alpha value is -3.39. The van der Waals surface area contributed by atoms with Gasteiger partial charge >= 0.3 is 0 Å². The molecule has 2 aromatic carbocycles. The molecule has 1 amide bonds. The second kappa shape index (κ2) is 10.1. The summed E-state index contributed by atoms with van der Waals surface area (Å²) in [5.41, 5.74) is 5.35. The Morgan fingerprint density at radius 2 is 1.83 bits per heavy atom. The third kappa shape index (κ3) is 5.82. The highest BCUT2D eigenvalue weighted by Crippen LogP contribution is 2.34. The second-order valence-electron chi connectivity index (χ2n) is 9.87. The smallest absolute Gasteiger partial charge is 0.239 e. The molecule has 7 nitrogen and oxygen atoms in total. The number of aryl methyl sites for hydroxylation is 2. The van der Waals surface area contributed by atoms with Crippen LogP contribution in [0.2, 0.25) is 0 Å². The summed E-state index contributed by atoms with van der Waals surface area (Å²) in [4.78, 5) is 20.2. The third-order valence-electron chi connectivity index (χ3n) is 5.77. The molecule has 0 aliphatic carbocycles. The Morgan fingerprint density at radius 3 is 2.49 bits per heavy atom. The zero-order valence-corrected chi connectivity index (χ0v) is 22.2. The van der Waals surface area contributed by atoms with Gasteiger partial charge in [-0.25, -0.2) is 4.98 Å². The van der Waals surface area contributed by atoms with Crippen LogP contribution in [-0.2, 0) is 17.8 Å². The van der Waals surface area contributed by atoms with Crippen molar-refractivity contribution in [3.8, 4) is 11.3 Å². The number of nitrogens with zero attached hydrogens (tertiary/aromatic N) is 4. The molecule has 0 atom stereocenters. The van der Waals surface area contributed by atoms with E-state index < -0.39 is 0 Å². The van der Waals surface area contributed by atoms with Gasteiger partial charge in [0.25, 0.3) is 0 Å². The molecule has 4 rings (SSSR count). The molecule has 0 unspecified atom stereocenters. The second-order valence-corrected chi connectivity index (χ2v) is 10.8. The number of imidazole rings is 1. The minimum absolute atomic E-state index is 0.0478. The van der Waals surface area contributed by atoms with E-state index in [0.717, 1.165) is 39.2 Å². The standard InChI is InChI=1S/C27H34N6OS/c1-7-19-12-14-20(15-13-19)23-24(30-27(3,4)5)33-25(29-23)35-26(31-33)32(6)17-22(34)28-16-21-11-9-8-10-18(21)2/h8-15,30H,7,16-17H2,1-6H3,(H,28,34). The van der Waals surface area contributed by atoms with E-state index in [4.69, 9.17) is 10.1 Å². The largest absolute Gasteiger partial charge is 0.364 e. The van der Waals surface area contributed by atoms with Gasteiger partial charge in [0.05, 0.1) is 6.54 Å². The first-order valence-corrected chi connectivity index (χ1v) is 12.8. The average molecular weight is 491 g/mol. The van der Waals surface area contributed by atoms with Crippen LogP contribution in [-0.4, -0.2) is 39.6 Å². The quantitative estimate of drug-likeness (QED) is 0.351. The third-order valence-corrected chi connectivity index (χ3v) is 6.79. The van der Waals surface area contributed by atoms with Gasteiger partial charge in [-0.2, -0.15) is 4.52 Å². The fraction of sp³-hybridized carbons (Fsp3) is 0.370. The Labute approximate surface area is 211 Å². The van der Waals surface area contributed by atoms with Gasteiger partial charge in [0.15, 0.2) is 5.82 Å². The summed E-state index contributed by atoms with van der Waals surface area (Å²) >= 11 is 1.47. The molecular weight excluding hydrogens is 456 g/mol. The molecule has 0 radical (unpaired) electrons. The zero-order valence-electron chi connectivity index (χ0n) is 21.3. The molecule has 35 heavy (non-hydrogen) atoms. The lowest BCUT2D eigenvalue weighted by atomic mass is 10.1. The highest BCUT2D eigenvalue weighted by molar-refractivity contribution is 7.20. The summed E-state index contributed by atoms with van der Waals surface area (Å²) in [5, 5.41) is 12.2. The number of carbonyl (C=O) groups is 1. The summed E-state index contributed by atoms with van der Waals surface area (Å²) in [7, 11) is 1.88. The first kappa shape index (κ1) is 24.7. The molecule has 0 saturated carbocycles. The highest BCUT2D eigenvalue weighted by atomic mass is 32.1. The summed E-state index contributed by atoms with van der Waals surface area (Å²) in [6.07, 6.45) is 1.00. The van der Waals surface area contributed by atoms with Crippen LogP contribution in [0.5, 0.6) is 0 Å². The van der Waals surface area contributed by atoms with Crippen LogP contribution in [0.4, 0.5) is 10.9 Å². The number of carbonyl (C=O) groups excluding carboxylic acids is 1. The number of nitrogens with one attached hydrogen (secondary N) is 2. The first-order chi connectivity index (χ1) is 16.6. The maximum Gasteiger partial charge on any atom is 0.239 e. The maximum atomic E-state index is 12.6. The average Bonchev–Trinajstić information content (AvgIpc) is 3.37. The van der Waals surface area contributed by atoms with Crippen LogP contribution in [0.1, 0.15) is 44.4 Å². The fourth-order valence-electron chi connectivity index (χ4n) is 3.80. The molecule has 0 aliphatic rings. The molecule has 2 N–H and O–H groups in total. The Bertz CT molecular complexity index is 1320. The molecule has 2 heterocycles. The Kier molecular flexibility index (Phi) is 7.12. The number of aromatic nitrogens is 3. The molecular formula is C27H34N6OS. The van der Waals surface area contributed by atoms with E-state index in [2.05, 4.69) is 75.6 Å². The van der Waals surface area contributed by atoms with Crippen molar-refractivity contribution in [1.82, 2.24) is 19.9 Å². The van der Waals surface area contributed by atoms with Gasteiger partial charge in [0.1, 0.15) is 5.69 Å². The van der Waals surface area contributed by atoms with Crippen molar-refractivity contribution in [1.29, 1.82) is 0 Å². The predicted molar refractivity (Wildman–Crippen MR) is 145 cm³/mol. The van der Waals surface area contributed by atoms with Crippen molar-refractivity contribution >= 4 is 33.2 Å². The number of benzene rings is 2. The zero-order chi connectivity index (χ0) is 25.2. The van der Waals surface area contributed by atoms with Crippen molar-refractivity contribution in [3.05, 3.63) is 65.2 Å². The SMILES string of the molecule is CCc1ccc(-c2nc3sc(N(C)CC(=O)NCc4ccccc4C)nn3c2NC(C)(C)C)cc1. The monoisotopic (exact) mass is 490 g/mol. The molecule has 0 aliphatic heterocycles. The Morgan fingerprint density at radius 1 is 1.11 bits per heavy atom. The molecule has 4 aromatic rings. The fourth-order valence-corrected chi connectivity index (χ4v) is 4.66. The maximum absolute atomic E-state index is 12.6. The lowest BCUT2D eigenvalue weighted by molar-refractivity contribution is -0.119. The van der Waals surface area contributed by atoms with E-state index in [-0.39, 0.29) is 18.0 Å². The molecule has 2 aromatic heterocycles. The van der Waals surface area contributed by atoms with Crippen LogP contribution in [0.25, 0.3) is 16.2 Å². The lowest BCUT2D eigenvalue weighted by Crippen LogP contribution is -2.35. The van der Waals surface area contributed by atoms with E-state index in [0.29, 0.717) is 6.54 Å². The summed E-state index contributed by atoms with van der Waals surface area (Å²) in [6, 6.07) is 16.6. The molecule has 0 fully saturated rings. The van der Waals surface area contributed by atoms with E-state index in [1.165, 1.54) is 22.5 Å². The first-order valence-electron chi connectivity index (χ1n) is 11.9. The van der Waals surface area contributed by atoms with Gasteiger partial charge in [-0.3, -0.25) is 4.79 Å². The topological polar surface area (TPSA) is 74.6 Å². The molecule has 8 heteroatoms. The normalized spacial score (nSPS) is 11.6. The van der Waals surface area contributed by atoms with Crippen molar-refractivity contribution in [3.63, 3.8) is 0 Å². The minimum atomic E-state index is -0.167. The van der Waals surface area contributed by atoms with E-state index in [9.17, 15) is 4.79 Å². The van der Waals surface area contributed by atoms with Crippen LogP contribution in [0.3, 0.4) is 0 Å². The van der Waals surface area contributed by atoms with E-state index in [1.807, 2.05) is 34.7 Å². The van der Waals surface area contributed by atoms with Crippen molar-refractivity contribution in [2.45, 2.75) is 53.1 Å².